The van der Waals surface area contributed by atoms with Crippen molar-refractivity contribution < 1.29 is 28.4 Å². The molecule has 36 heavy (non-hydrogen) atoms. The van der Waals surface area contributed by atoms with E-state index in [0.29, 0.717) is 22.6 Å². The molecule has 184 valence electrons. The number of carbonyl (C=O) groups is 2. The maximum Gasteiger partial charge on any atom is 0.362 e. The summed E-state index contributed by atoms with van der Waals surface area (Å²) in [5, 5.41) is 18.0. The average molecular weight is 490 g/mol. The van der Waals surface area contributed by atoms with Crippen molar-refractivity contribution in [1.29, 1.82) is 0 Å². The van der Waals surface area contributed by atoms with E-state index >= 15 is 0 Å². The van der Waals surface area contributed by atoms with Gasteiger partial charge in [0.15, 0.2) is 5.75 Å². The smallest absolute Gasteiger partial charge is 0.362 e. The highest BCUT2D eigenvalue weighted by atomic mass is 16.6. The molecule has 0 radical (unpaired) electrons. The Morgan fingerprint density at radius 2 is 1.94 bits per heavy atom. The zero-order valence-electron chi connectivity index (χ0n) is 19.2. The number of hydrogen-bond donors (Lipinski definition) is 1. The molecule has 0 aliphatic rings. The molecule has 0 atom stereocenters. The Kier molecular flexibility index (Phi) is 7.39. The van der Waals surface area contributed by atoms with Crippen LogP contribution in [0.5, 0.6) is 5.75 Å². The number of rotatable bonds is 10. The SMILES string of the molecule is CCOC(=O)c1nn(-c2ccc([N+](=O)[O-])cc2)cc1OCc1cccc(C(=O)NCc2ccco2)c1. The largest absolute Gasteiger partial charge is 0.485 e. The van der Waals surface area contributed by atoms with Crippen LogP contribution in [0.2, 0.25) is 0 Å². The minimum absolute atomic E-state index is 0.0393. The van der Waals surface area contributed by atoms with Gasteiger partial charge in [-0.3, -0.25) is 14.9 Å². The Labute approximate surface area is 205 Å². The first-order chi connectivity index (χ1) is 17.4. The predicted octanol–water partition coefficient (Wildman–Crippen LogP) is 4.06. The monoisotopic (exact) mass is 490 g/mol. The summed E-state index contributed by atoms with van der Waals surface area (Å²) in [6.45, 7) is 2.14. The van der Waals surface area contributed by atoms with Crippen LogP contribution in [0.3, 0.4) is 0 Å². The molecule has 4 aromatic rings. The molecule has 0 saturated heterocycles. The normalized spacial score (nSPS) is 10.6. The van der Waals surface area contributed by atoms with Crippen LogP contribution in [-0.4, -0.2) is 33.2 Å². The third kappa shape index (κ3) is 5.76. The molecular weight excluding hydrogens is 468 g/mol. The minimum Gasteiger partial charge on any atom is -0.485 e. The summed E-state index contributed by atoms with van der Waals surface area (Å²) in [5.74, 6) is -0.135. The first-order valence-corrected chi connectivity index (χ1v) is 11.0. The van der Waals surface area contributed by atoms with Gasteiger partial charge in [-0.25, -0.2) is 9.48 Å². The molecule has 11 heteroatoms. The summed E-state index contributed by atoms with van der Waals surface area (Å²) < 4.78 is 17.6. The van der Waals surface area contributed by atoms with E-state index in [4.69, 9.17) is 13.9 Å². The van der Waals surface area contributed by atoms with Crippen LogP contribution in [0.1, 0.15) is 39.1 Å². The van der Waals surface area contributed by atoms with Gasteiger partial charge in [-0.05, 0) is 48.9 Å². The van der Waals surface area contributed by atoms with Crippen molar-refractivity contribution in [3.05, 3.63) is 106 Å². The Bertz CT molecular complexity index is 1360. The topological polar surface area (TPSA) is 139 Å². The molecule has 1 N–H and O–H groups in total. The molecule has 2 aromatic heterocycles. The van der Waals surface area contributed by atoms with E-state index in [-0.39, 0.29) is 42.8 Å². The fourth-order valence-electron chi connectivity index (χ4n) is 3.31. The van der Waals surface area contributed by atoms with Crippen molar-refractivity contribution in [3.63, 3.8) is 0 Å². The second-order valence-electron chi connectivity index (χ2n) is 7.53. The zero-order chi connectivity index (χ0) is 25.5. The van der Waals surface area contributed by atoms with Crippen LogP contribution < -0.4 is 10.1 Å². The second kappa shape index (κ2) is 11.0. The Balaban J connectivity index is 1.49. The Morgan fingerprint density at radius 1 is 1.14 bits per heavy atom. The third-order valence-corrected chi connectivity index (χ3v) is 5.06. The fraction of sp³-hybridized carbons (Fsp3) is 0.160. The lowest BCUT2D eigenvalue weighted by atomic mass is 10.1. The first-order valence-electron chi connectivity index (χ1n) is 11.0. The van der Waals surface area contributed by atoms with E-state index < -0.39 is 10.9 Å². The quantitative estimate of drug-likeness (QED) is 0.199. The summed E-state index contributed by atoms with van der Waals surface area (Å²) in [7, 11) is 0. The molecule has 1 amide bonds. The number of ether oxygens (including phenoxy) is 2. The lowest BCUT2D eigenvalue weighted by Gasteiger charge is -2.08. The van der Waals surface area contributed by atoms with Gasteiger partial charge in [0.25, 0.3) is 11.6 Å². The highest BCUT2D eigenvalue weighted by molar-refractivity contribution is 5.94. The predicted molar refractivity (Wildman–Crippen MR) is 127 cm³/mol. The van der Waals surface area contributed by atoms with Gasteiger partial charge < -0.3 is 19.2 Å². The number of hydrogen-bond acceptors (Lipinski definition) is 8. The highest BCUT2D eigenvalue weighted by Crippen LogP contribution is 2.23. The van der Waals surface area contributed by atoms with Gasteiger partial charge in [0.05, 0.1) is 36.2 Å². The number of esters is 1. The number of furan rings is 1. The highest BCUT2D eigenvalue weighted by Gasteiger charge is 2.21. The van der Waals surface area contributed by atoms with Gasteiger partial charge in [-0.2, -0.15) is 5.10 Å². The van der Waals surface area contributed by atoms with Crippen LogP contribution in [-0.2, 0) is 17.9 Å². The van der Waals surface area contributed by atoms with E-state index in [2.05, 4.69) is 10.4 Å². The second-order valence-corrected chi connectivity index (χ2v) is 7.53. The lowest BCUT2D eigenvalue weighted by Crippen LogP contribution is -2.22. The number of nitro groups is 1. The summed E-state index contributed by atoms with van der Waals surface area (Å²) in [6.07, 6.45) is 3.03. The Hall–Kier alpha value is -4.93. The van der Waals surface area contributed by atoms with Crippen molar-refractivity contribution in [2.45, 2.75) is 20.1 Å². The molecule has 0 aliphatic heterocycles. The first kappa shape index (κ1) is 24.2. The molecule has 0 fully saturated rings. The van der Waals surface area contributed by atoms with Crippen LogP contribution in [0, 0.1) is 10.1 Å². The molecule has 0 saturated carbocycles. The standard InChI is InChI=1S/C25H22N4O7/c1-2-34-25(31)23-22(15-28(27-23)19-8-10-20(11-9-19)29(32)33)36-16-17-5-3-6-18(13-17)24(30)26-14-21-7-4-12-35-21/h3-13,15H,2,14,16H2,1H3,(H,26,30). The van der Waals surface area contributed by atoms with Crippen molar-refractivity contribution in [1.82, 2.24) is 15.1 Å². The van der Waals surface area contributed by atoms with Crippen LogP contribution in [0.4, 0.5) is 5.69 Å². The van der Waals surface area contributed by atoms with Crippen molar-refractivity contribution in [3.8, 4) is 11.4 Å². The van der Waals surface area contributed by atoms with Crippen LogP contribution >= 0.6 is 0 Å². The molecule has 0 bridgehead atoms. The number of nitrogens with zero attached hydrogens (tertiary/aromatic N) is 3. The van der Waals surface area contributed by atoms with Gasteiger partial charge in [0, 0.05) is 17.7 Å². The summed E-state index contributed by atoms with van der Waals surface area (Å²) >= 11 is 0. The number of aromatic nitrogens is 2. The van der Waals surface area contributed by atoms with E-state index in [0.717, 1.165) is 0 Å². The number of nitro benzene ring substituents is 1. The van der Waals surface area contributed by atoms with E-state index in [1.54, 1.807) is 43.3 Å². The fourth-order valence-corrected chi connectivity index (χ4v) is 3.31. The summed E-state index contributed by atoms with van der Waals surface area (Å²) in [5.41, 5.74) is 1.52. The van der Waals surface area contributed by atoms with Gasteiger partial charge >= 0.3 is 5.97 Å². The number of nitrogens with one attached hydrogen (secondary N) is 1. The molecule has 4 rings (SSSR count). The average Bonchev–Trinajstić information content (AvgIpc) is 3.57. The van der Waals surface area contributed by atoms with Crippen LogP contribution in [0.25, 0.3) is 5.69 Å². The third-order valence-electron chi connectivity index (χ3n) is 5.06. The molecule has 11 nitrogen and oxygen atoms in total. The maximum atomic E-state index is 12.5. The number of benzene rings is 2. The number of carbonyl (C=O) groups excluding carboxylic acids is 2. The molecule has 2 aromatic carbocycles. The zero-order valence-corrected chi connectivity index (χ0v) is 19.2. The molecule has 0 unspecified atom stereocenters. The van der Waals surface area contributed by atoms with Crippen molar-refractivity contribution in [2.75, 3.05) is 6.61 Å². The lowest BCUT2D eigenvalue weighted by molar-refractivity contribution is -0.384. The summed E-state index contributed by atoms with van der Waals surface area (Å²) in [6, 6.07) is 16.1. The maximum absolute atomic E-state index is 12.5. The summed E-state index contributed by atoms with van der Waals surface area (Å²) in [4.78, 5) is 35.4. The molecule has 2 heterocycles. The van der Waals surface area contributed by atoms with Crippen molar-refractivity contribution in [2.24, 2.45) is 0 Å². The molecular formula is C25H22N4O7. The number of non-ortho nitro benzene ring substituents is 1. The minimum atomic E-state index is -0.667. The molecule has 0 aliphatic carbocycles. The van der Waals surface area contributed by atoms with Gasteiger partial charge in [0.2, 0.25) is 5.69 Å². The van der Waals surface area contributed by atoms with Crippen molar-refractivity contribution >= 4 is 17.6 Å². The van der Waals surface area contributed by atoms with Gasteiger partial charge in [0.1, 0.15) is 12.4 Å². The van der Waals surface area contributed by atoms with Gasteiger partial charge in [-0.1, -0.05) is 12.1 Å². The Morgan fingerprint density at radius 3 is 2.64 bits per heavy atom. The van der Waals surface area contributed by atoms with E-state index in [1.807, 2.05) is 0 Å². The van der Waals surface area contributed by atoms with Gasteiger partial charge in [-0.15, -0.1) is 0 Å². The molecule has 0 spiro atoms. The van der Waals surface area contributed by atoms with E-state index in [9.17, 15) is 19.7 Å². The number of amides is 1. The van der Waals surface area contributed by atoms with E-state index in [1.165, 1.54) is 41.4 Å². The van der Waals surface area contributed by atoms with Crippen LogP contribution in [0.15, 0.2) is 77.5 Å².